The second-order valence-electron chi connectivity index (χ2n) is 8.05. The van der Waals surface area contributed by atoms with E-state index in [0.29, 0.717) is 22.0 Å². The van der Waals surface area contributed by atoms with Gasteiger partial charge in [-0.05, 0) is 68.1 Å². The van der Waals surface area contributed by atoms with E-state index in [-0.39, 0.29) is 12.5 Å². The van der Waals surface area contributed by atoms with Gasteiger partial charge in [0.05, 0.1) is 11.4 Å². The molecule has 0 spiro atoms. The summed E-state index contributed by atoms with van der Waals surface area (Å²) in [6.07, 6.45) is 0. The summed E-state index contributed by atoms with van der Waals surface area (Å²) in [6, 6.07) is 12.0. The summed E-state index contributed by atoms with van der Waals surface area (Å²) in [6.45, 7) is 9.86. The van der Waals surface area contributed by atoms with Crippen molar-refractivity contribution in [3.63, 3.8) is 0 Å². The molecule has 0 aliphatic heterocycles. The molecule has 7 nitrogen and oxygen atoms in total. The Bertz CT molecular complexity index is 1320. The highest BCUT2D eigenvalue weighted by molar-refractivity contribution is 7.98. The molecule has 0 fully saturated rings. The fraction of sp³-hybridized carbons (Fsp3) is 0.280. The van der Waals surface area contributed by atoms with Gasteiger partial charge in [-0.2, -0.15) is 0 Å². The standard InChI is InChI=1S/C25H26N4O3S2/c1-15-6-7-17(3)22(10-15)31-12-23-27-28-25(32-23)34-14-20-13-33-24(26-20)29(19(5)30)21-9-8-16(2)18(4)11-21/h6-11,13H,12,14H2,1-5H3. The largest absolute Gasteiger partial charge is 0.484 e. The average molecular weight is 495 g/mol. The van der Waals surface area contributed by atoms with Gasteiger partial charge in [0.25, 0.3) is 11.1 Å². The van der Waals surface area contributed by atoms with Gasteiger partial charge in [-0.25, -0.2) is 4.98 Å². The van der Waals surface area contributed by atoms with Crippen LogP contribution in [0.15, 0.2) is 51.4 Å². The number of ether oxygens (including phenoxy) is 1. The van der Waals surface area contributed by atoms with Crippen LogP contribution < -0.4 is 9.64 Å². The van der Waals surface area contributed by atoms with Crippen LogP contribution in [0.25, 0.3) is 0 Å². The van der Waals surface area contributed by atoms with Crippen molar-refractivity contribution in [3.05, 3.63) is 75.6 Å². The predicted molar refractivity (Wildman–Crippen MR) is 135 cm³/mol. The van der Waals surface area contributed by atoms with Crippen molar-refractivity contribution in [2.75, 3.05) is 4.90 Å². The van der Waals surface area contributed by atoms with Crippen molar-refractivity contribution < 1.29 is 13.9 Å². The minimum absolute atomic E-state index is 0.0813. The molecule has 0 aliphatic carbocycles. The maximum absolute atomic E-state index is 12.4. The minimum Gasteiger partial charge on any atom is -0.484 e. The maximum Gasteiger partial charge on any atom is 0.277 e. The van der Waals surface area contributed by atoms with Crippen LogP contribution >= 0.6 is 23.1 Å². The Kier molecular flexibility index (Phi) is 7.33. The minimum atomic E-state index is -0.0813. The lowest BCUT2D eigenvalue weighted by molar-refractivity contribution is -0.115. The molecule has 2 aromatic heterocycles. The van der Waals surface area contributed by atoms with E-state index in [0.717, 1.165) is 33.8 Å². The van der Waals surface area contributed by atoms with Crippen LogP contribution in [-0.4, -0.2) is 21.1 Å². The van der Waals surface area contributed by atoms with Crippen LogP contribution in [0.5, 0.6) is 5.75 Å². The first-order valence-electron chi connectivity index (χ1n) is 10.8. The van der Waals surface area contributed by atoms with Crippen LogP contribution in [0.4, 0.5) is 10.8 Å². The van der Waals surface area contributed by atoms with Crippen LogP contribution in [0.2, 0.25) is 0 Å². The molecule has 2 heterocycles. The van der Waals surface area contributed by atoms with E-state index in [1.807, 2.05) is 62.5 Å². The van der Waals surface area contributed by atoms with Gasteiger partial charge in [-0.15, -0.1) is 21.5 Å². The molecule has 34 heavy (non-hydrogen) atoms. The molecule has 0 bridgehead atoms. The molecule has 4 rings (SSSR count). The zero-order valence-corrected chi connectivity index (χ0v) is 21.4. The van der Waals surface area contributed by atoms with Crippen LogP contribution in [0.3, 0.4) is 0 Å². The average Bonchev–Trinajstić information content (AvgIpc) is 3.45. The summed E-state index contributed by atoms with van der Waals surface area (Å²) in [5, 5.41) is 11.2. The first kappa shape index (κ1) is 24.0. The molecule has 0 saturated carbocycles. The molecule has 1 amide bonds. The van der Waals surface area contributed by atoms with E-state index >= 15 is 0 Å². The number of benzene rings is 2. The summed E-state index contributed by atoms with van der Waals surface area (Å²) in [7, 11) is 0. The van der Waals surface area contributed by atoms with E-state index in [4.69, 9.17) is 9.15 Å². The summed E-state index contributed by atoms with van der Waals surface area (Å²) in [4.78, 5) is 18.7. The van der Waals surface area contributed by atoms with Gasteiger partial charge in [0.1, 0.15) is 5.75 Å². The highest BCUT2D eigenvalue weighted by Crippen LogP contribution is 2.32. The molecule has 9 heteroatoms. The Morgan fingerprint density at radius 3 is 2.62 bits per heavy atom. The van der Waals surface area contributed by atoms with E-state index in [9.17, 15) is 4.79 Å². The van der Waals surface area contributed by atoms with Crippen LogP contribution in [-0.2, 0) is 17.2 Å². The van der Waals surface area contributed by atoms with Crippen LogP contribution in [0, 0.1) is 27.7 Å². The molecule has 0 unspecified atom stereocenters. The van der Waals surface area contributed by atoms with Gasteiger partial charge >= 0.3 is 0 Å². The molecule has 176 valence electrons. The van der Waals surface area contributed by atoms with Crippen molar-refractivity contribution in [1.29, 1.82) is 0 Å². The second kappa shape index (κ2) is 10.4. The van der Waals surface area contributed by atoms with Crippen molar-refractivity contribution in [3.8, 4) is 5.75 Å². The molecule has 0 N–H and O–H groups in total. The highest BCUT2D eigenvalue weighted by Gasteiger charge is 2.19. The van der Waals surface area contributed by atoms with Crippen molar-refractivity contribution in [2.24, 2.45) is 0 Å². The van der Waals surface area contributed by atoms with E-state index in [1.165, 1.54) is 28.7 Å². The molecule has 2 aromatic carbocycles. The Labute approximate surface area is 207 Å². The lowest BCUT2D eigenvalue weighted by Crippen LogP contribution is -2.22. The summed E-state index contributed by atoms with van der Waals surface area (Å²) < 4.78 is 11.5. The molecule has 0 atom stereocenters. The molecule has 0 radical (unpaired) electrons. The normalized spacial score (nSPS) is 11.0. The van der Waals surface area contributed by atoms with Gasteiger partial charge in [-0.3, -0.25) is 9.69 Å². The van der Waals surface area contributed by atoms with Crippen molar-refractivity contribution in [2.45, 2.75) is 52.2 Å². The number of aromatic nitrogens is 3. The van der Waals surface area contributed by atoms with Crippen molar-refractivity contribution >= 4 is 39.8 Å². The second-order valence-corrected chi connectivity index (χ2v) is 9.82. The number of carbonyl (C=O) groups excluding carboxylic acids is 1. The van der Waals surface area contributed by atoms with Gasteiger partial charge in [-0.1, -0.05) is 30.0 Å². The fourth-order valence-corrected chi connectivity index (χ4v) is 4.91. The van der Waals surface area contributed by atoms with Crippen molar-refractivity contribution in [1.82, 2.24) is 15.2 Å². The fourth-order valence-electron chi connectivity index (χ4n) is 3.25. The molecule has 4 aromatic rings. The number of hydrogen-bond acceptors (Lipinski definition) is 8. The molecule has 0 saturated heterocycles. The Hall–Kier alpha value is -3.17. The maximum atomic E-state index is 12.4. The zero-order valence-electron chi connectivity index (χ0n) is 19.8. The zero-order chi connectivity index (χ0) is 24.2. The number of thioether (sulfide) groups is 1. The van der Waals surface area contributed by atoms with E-state index < -0.39 is 0 Å². The SMILES string of the molecule is CC(=O)N(c1ccc(C)c(C)c1)c1nc(CSc2nnc(COc3cc(C)ccc3C)o2)cs1. The monoisotopic (exact) mass is 494 g/mol. The topological polar surface area (TPSA) is 81.4 Å². The van der Waals surface area contributed by atoms with Crippen LogP contribution in [0.1, 0.15) is 40.8 Å². The summed E-state index contributed by atoms with van der Waals surface area (Å²) in [5.41, 5.74) is 6.15. The van der Waals surface area contributed by atoms with Gasteiger partial charge < -0.3 is 9.15 Å². The molecular weight excluding hydrogens is 468 g/mol. The quantitative estimate of drug-likeness (QED) is 0.265. The summed E-state index contributed by atoms with van der Waals surface area (Å²) in [5.74, 6) is 1.69. The number of rotatable bonds is 8. The highest BCUT2D eigenvalue weighted by atomic mass is 32.2. The Morgan fingerprint density at radius 1 is 1.06 bits per heavy atom. The summed E-state index contributed by atoms with van der Waals surface area (Å²) >= 11 is 2.83. The Morgan fingerprint density at radius 2 is 1.85 bits per heavy atom. The third kappa shape index (κ3) is 5.66. The Balaban J connectivity index is 1.38. The molecular formula is C25H26N4O3S2. The number of aryl methyl sites for hydroxylation is 4. The lowest BCUT2D eigenvalue weighted by Gasteiger charge is -2.19. The molecule has 0 aliphatic rings. The number of thiazole rings is 1. The smallest absolute Gasteiger partial charge is 0.277 e. The van der Waals surface area contributed by atoms with Gasteiger partial charge in [0.2, 0.25) is 5.91 Å². The number of amides is 1. The third-order valence-corrected chi connectivity index (χ3v) is 7.01. The van der Waals surface area contributed by atoms with Gasteiger partial charge in [0, 0.05) is 18.1 Å². The van der Waals surface area contributed by atoms with E-state index in [2.05, 4.69) is 22.1 Å². The first-order chi connectivity index (χ1) is 16.3. The first-order valence-corrected chi connectivity index (χ1v) is 12.6. The predicted octanol–water partition coefficient (Wildman–Crippen LogP) is 6.32. The van der Waals surface area contributed by atoms with E-state index in [1.54, 1.807) is 11.8 Å². The number of nitrogens with zero attached hydrogens (tertiary/aromatic N) is 4. The lowest BCUT2D eigenvalue weighted by atomic mass is 10.1. The number of hydrogen-bond donors (Lipinski definition) is 0. The number of carbonyl (C=O) groups is 1. The third-order valence-electron chi connectivity index (χ3n) is 5.28. The van der Waals surface area contributed by atoms with Gasteiger partial charge in [0.15, 0.2) is 11.7 Å². The number of anilines is 2.